The highest BCUT2D eigenvalue weighted by Crippen LogP contribution is 2.68. The first-order chi connectivity index (χ1) is 20.5. The number of para-hydroxylation sites is 1. The maximum Gasteiger partial charge on any atom is 0.185 e. The fourth-order valence-electron chi connectivity index (χ4n) is 6.49. The first kappa shape index (κ1) is 27.4. The number of carbonyl (C=O) groups excluding carboxylic acids is 1. The van der Waals surface area contributed by atoms with Crippen molar-refractivity contribution in [1.29, 1.82) is 0 Å². The highest BCUT2D eigenvalue weighted by molar-refractivity contribution is 5.84. The summed E-state index contributed by atoms with van der Waals surface area (Å²) < 4.78 is 28.4. The molecule has 1 aromatic heterocycles. The number of fused-ring (bicyclic) bond motifs is 4. The first-order valence-corrected chi connectivity index (χ1v) is 13.8. The van der Waals surface area contributed by atoms with Gasteiger partial charge in [0.2, 0.25) is 0 Å². The van der Waals surface area contributed by atoms with Crippen LogP contribution in [0.5, 0.6) is 23.0 Å². The van der Waals surface area contributed by atoms with E-state index < -0.39 is 11.2 Å². The van der Waals surface area contributed by atoms with E-state index in [2.05, 4.69) is 12.1 Å². The number of rotatable bonds is 6. The minimum absolute atomic E-state index is 0.0461. The number of hydrogen-bond acceptors (Lipinski definition) is 7. The van der Waals surface area contributed by atoms with E-state index in [9.17, 15) is 9.90 Å². The van der Waals surface area contributed by atoms with Crippen LogP contribution in [0.3, 0.4) is 0 Å². The van der Waals surface area contributed by atoms with Crippen LogP contribution in [-0.4, -0.2) is 32.7 Å². The Morgan fingerprint density at radius 3 is 2.21 bits per heavy atom. The smallest absolute Gasteiger partial charge is 0.185 e. The SMILES string of the molecule is COc1ccc(C23Oc4cc(OC)cc(OC)c4C2(O)CCC3c2ccccc2)cc1.O=Cc1cc2ccccc2o1. The molecule has 1 aliphatic carbocycles. The number of furan rings is 1. The highest BCUT2D eigenvalue weighted by Gasteiger charge is 2.69. The fourth-order valence-corrected chi connectivity index (χ4v) is 6.49. The van der Waals surface area contributed by atoms with Crippen LogP contribution in [-0.2, 0) is 11.2 Å². The molecule has 3 atom stereocenters. The molecule has 1 saturated carbocycles. The zero-order valence-electron chi connectivity index (χ0n) is 23.7. The van der Waals surface area contributed by atoms with E-state index in [4.69, 9.17) is 23.4 Å². The Labute approximate surface area is 244 Å². The summed E-state index contributed by atoms with van der Waals surface area (Å²) in [6.45, 7) is 0. The zero-order valence-corrected chi connectivity index (χ0v) is 23.7. The van der Waals surface area contributed by atoms with Crippen molar-refractivity contribution in [2.45, 2.75) is 30.0 Å². The van der Waals surface area contributed by atoms with E-state index >= 15 is 0 Å². The Hall–Kier alpha value is -4.75. The molecule has 0 spiro atoms. The van der Waals surface area contributed by atoms with Gasteiger partial charge in [-0.1, -0.05) is 60.7 Å². The van der Waals surface area contributed by atoms with Crippen molar-refractivity contribution in [2.24, 2.45) is 0 Å². The van der Waals surface area contributed by atoms with E-state index in [0.717, 1.165) is 34.3 Å². The average Bonchev–Trinajstić information content (AvgIpc) is 3.68. The van der Waals surface area contributed by atoms with Crippen molar-refractivity contribution in [3.8, 4) is 23.0 Å². The Morgan fingerprint density at radius 1 is 0.833 bits per heavy atom. The second kappa shape index (κ2) is 10.9. The normalized spacial score (nSPS) is 21.9. The zero-order chi connectivity index (χ0) is 29.3. The molecule has 1 fully saturated rings. The Bertz CT molecular complexity index is 1680. The Balaban J connectivity index is 0.000000240. The monoisotopic (exact) mass is 564 g/mol. The van der Waals surface area contributed by atoms with Crippen LogP contribution in [0.1, 0.15) is 46.0 Å². The number of methoxy groups -OCH3 is 3. The molecule has 0 radical (unpaired) electrons. The number of hydrogen-bond donors (Lipinski definition) is 1. The third-order valence-corrected chi connectivity index (χ3v) is 8.36. The van der Waals surface area contributed by atoms with E-state index in [1.807, 2.05) is 72.8 Å². The lowest BCUT2D eigenvalue weighted by molar-refractivity contribution is -0.106. The van der Waals surface area contributed by atoms with Crippen LogP contribution in [0.4, 0.5) is 0 Å². The summed E-state index contributed by atoms with van der Waals surface area (Å²) in [4.78, 5) is 10.3. The molecule has 5 aromatic rings. The molecule has 2 heterocycles. The molecule has 7 nitrogen and oxygen atoms in total. The summed E-state index contributed by atoms with van der Waals surface area (Å²) in [5, 5.41) is 13.3. The third kappa shape index (κ3) is 4.28. The van der Waals surface area contributed by atoms with Crippen molar-refractivity contribution in [3.63, 3.8) is 0 Å². The summed E-state index contributed by atoms with van der Waals surface area (Å²) in [5.41, 5.74) is 1.23. The molecule has 42 heavy (non-hydrogen) atoms. The molecule has 214 valence electrons. The van der Waals surface area contributed by atoms with Gasteiger partial charge in [-0.2, -0.15) is 0 Å². The minimum Gasteiger partial charge on any atom is -0.497 e. The van der Waals surface area contributed by atoms with Gasteiger partial charge in [-0.05, 0) is 48.2 Å². The van der Waals surface area contributed by atoms with Crippen LogP contribution >= 0.6 is 0 Å². The largest absolute Gasteiger partial charge is 0.497 e. The molecule has 3 unspecified atom stereocenters. The second-order valence-electron chi connectivity index (χ2n) is 10.4. The van der Waals surface area contributed by atoms with Gasteiger partial charge in [-0.15, -0.1) is 0 Å². The molecular weight excluding hydrogens is 532 g/mol. The van der Waals surface area contributed by atoms with E-state index in [-0.39, 0.29) is 5.92 Å². The van der Waals surface area contributed by atoms with Crippen molar-refractivity contribution < 1.29 is 33.3 Å². The van der Waals surface area contributed by atoms with Crippen molar-refractivity contribution in [3.05, 3.63) is 120 Å². The third-order valence-electron chi connectivity index (χ3n) is 8.36. The summed E-state index contributed by atoms with van der Waals surface area (Å²) in [5.74, 6) is 2.88. The van der Waals surface area contributed by atoms with E-state index in [1.54, 1.807) is 33.5 Å². The maximum atomic E-state index is 12.3. The second-order valence-corrected chi connectivity index (χ2v) is 10.4. The van der Waals surface area contributed by atoms with Crippen LogP contribution in [0, 0.1) is 0 Å². The van der Waals surface area contributed by atoms with Crippen LogP contribution in [0.15, 0.2) is 101 Å². The predicted octanol–water partition coefficient (Wildman–Crippen LogP) is 7.01. The molecule has 4 aromatic carbocycles. The number of benzene rings is 4. The molecule has 0 bridgehead atoms. The maximum absolute atomic E-state index is 12.3. The number of aldehydes is 1. The van der Waals surface area contributed by atoms with Crippen molar-refractivity contribution in [1.82, 2.24) is 0 Å². The van der Waals surface area contributed by atoms with E-state index in [0.29, 0.717) is 41.3 Å². The van der Waals surface area contributed by atoms with Gasteiger partial charge in [-0.25, -0.2) is 0 Å². The summed E-state index contributed by atoms with van der Waals surface area (Å²) in [6.07, 6.45) is 2.04. The highest BCUT2D eigenvalue weighted by atomic mass is 16.5. The number of carbonyl (C=O) groups is 1. The Morgan fingerprint density at radius 2 is 1.55 bits per heavy atom. The standard InChI is InChI=1S/C26H26O5.C9H6O2/c1-28-19-11-9-18(10-12-19)26-21(17-7-5-4-6-8-17)13-14-25(26,27)24-22(30-3)15-20(29-2)16-23(24)31-26;10-6-8-5-7-3-1-2-4-9(7)11-8/h4-12,15-16,21,27H,13-14H2,1-3H3;1-6H. The minimum atomic E-state index is -1.25. The van der Waals surface area contributed by atoms with Gasteiger partial charge in [0.1, 0.15) is 34.2 Å². The molecule has 2 aliphatic rings. The van der Waals surface area contributed by atoms with Gasteiger partial charge in [-0.3, -0.25) is 4.79 Å². The van der Waals surface area contributed by atoms with Gasteiger partial charge in [0.05, 0.1) is 26.9 Å². The lowest BCUT2D eigenvalue weighted by atomic mass is 9.71. The molecule has 1 N–H and O–H groups in total. The first-order valence-electron chi connectivity index (χ1n) is 13.8. The fraction of sp³-hybridized carbons (Fsp3) is 0.229. The predicted molar refractivity (Wildman–Crippen MR) is 159 cm³/mol. The summed E-state index contributed by atoms with van der Waals surface area (Å²) >= 11 is 0. The molecule has 7 heteroatoms. The van der Waals surface area contributed by atoms with Gasteiger partial charge >= 0.3 is 0 Å². The Kier molecular flexibility index (Phi) is 7.12. The van der Waals surface area contributed by atoms with Crippen LogP contribution in [0.2, 0.25) is 0 Å². The topological polar surface area (TPSA) is 87.4 Å². The average molecular weight is 565 g/mol. The van der Waals surface area contributed by atoms with Crippen LogP contribution in [0.25, 0.3) is 11.0 Å². The van der Waals surface area contributed by atoms with Crippen LogP contribution < -0.4 is 18.9 Å². The van der Waals surface area contributed by atoms with E-state index in [1.165, 1.54) is 0 Å². The number of aliphatic hydroxyl groups is 1. The van der Waals surface area contributed by atoms with Gasteiger partial charge in [0.15, 0.2) is 17.6 Å². The lowest BCUT2D eigenvalue weighted by Gasteiger charge is -2.40. The summed E-state index contributed by atoms with van der Waals surface area (Å²) in [6, 6.07) is 31.0. The molecular formula is C35H32O7. The molecule has 0 amide bonds. The molecule has 0 saturated heterocycles. The van der Waals surface area contributed by atoms with Gasteiger partial charge in [0.25, 0.3) is 0 Å². The van der Waals surface area contributed by atoms with Crippen molar-refractivity contribution in [2.75, 3.05) is 21.3 Å². The number of ether oxygens (including phenoxy) is 4. The van der Waals surface area contributed by atoms with Gasteiger partial charge < -0.3 is 28.5 Å². The summed E-state index contributed by atoms with van der Waals surface area (Å²) in [7, 11) is 4.86. The van der Waals surface area contributed by atoms with Gasteiger partial charge in [0, 0.05) is 23.4 Å². The van der Waals surface area contributed by atoms with Crippen molar-refractivity contribution >= 4 is 17.3 Å². The molecule has 7 rings (SSSR count). The quantitative estimate of drug-likeness (QED) is 0.222. The lowest BCUT2D eigenvalue weighted by Crippen LogP contribution is -2.48. The molecule has 1 aliphatic heterocycles.